The number of hydrogen-bond acceptors (Lipinski definition) is 3. The Bertz CT molecular complexity index is 714. The summed E-state index contributed by atoms with van der Waals surface area (Å²) in [6.07, 6.45) is 0. The number of nitrogens with one attached hydrogen (secondary N) is 2. The smallest absolute Gasteiger partial charge is 0.338 e. The zero-order valence-corrected chi connectivity index (χ0v) is 12.9. The van der Waals surface area contributed by atoms with Crippen molar-refractivity contribution >= 4 is 23.4 Å². The van der Waals surface area contributed by atoms with Gasteiger partial charge in [0.1, 0.15) is 5.82 Å². The van der Waals surface area contributed by atoms with Gasteiger partial charge in [-0.25, -0.2) is 14.0 Å². The SMILES string of the molecule is CCOC(=O)c1ccc(NC(=O)Nc2cc(C)ccc2F)cc1. The molecule has 0 aliphatic rings. The highest BCUT2D eigenvalue weighted by molar-refractivity contribution is 6.00. The molecule has 2 aromatic rings. The van der Waals surface area contributed by atoms with Crippen LogP contribution in [0.15, 0.2) is 42.5 Å². The van der Waals surface area contributed by atoms with E-state index < -0.39 is 17.8 Å². The maximum absolute atomic E-state index is 13.6. The molecule has 6 heteroatoms. The molecule has 0 spiro atoms. The molecule has 0 bridgehead atoms. The molecule has 0 radical (unpaired) electrons. The molecule has 0 heterocycles. The molecule has 2 rings (SSSR count). The van der Waals surface area contributed by atoms with Crippen LogP contribution < -0.4 is 10.6 Å². The number of halogens is 1. The lowest BCUT2D eigenvalue weighted by atomic mass is 10.2. The summed E-state index contributed by atoms with van der Waals surface area (Å²) in [4.78, 5) is 23.4. The summed E-state index contributed by atoms with van der Waals surface area (Å²) in [7, 11) is 0. The lowest BCUT2D eigenvalue weighted by molar-refractivity contribution is 0.0526. The van der Waals surface area contributed by atoms with Gasteiger partial charge < -0.3 is 15.4 Å². The largest absolute Gasteiger partial charge is 0.462 e. The van der Waals surface area contributed by atoms with Gasteiger partial charge >= 0.3 is 12.0 Å². The predicted octanol–water partition coefficient (Wildman–Crippen LogP) is 3.95. The Hall–Kier alpha value is -2.89. The van der Waals surface area contributed by atoms with E-state index in [-0.39, 0.29) is 5.69 Å². The Labute approximate surface area is 133 Å². The molecular weight excluding hydrogens is 299 g/mol. The van der Waals surface area contributed by atoms with Crippen LogP contribution in [0.5, 0.6) is 0 Å². The van der Waals surface area contributed by atoms with E-state index in [4.69, 9.17) is 4.74 Å². The number of ether oxygens (including phenoxy) is 1. The monoisotopic (exact) mass is 316 g/mol. The summed E-state index contributed by atoms with van der Waals surface area (Å²) in [5.74, 6) is -0.936. The van der Waals surface area contributed by atoms with Gasteiger partial charge in [0.15, 0.2) is 0 Å². The fraction of sp³-hybridized carbons (Fsp3) is 0.176. The van der Waals surface area contributed by atoms with Crippen LogP contribution in [0.2, 0.25) is 0 Å². The highest BCUT2D eigenvalue weighted by atomic mass is 19.1. The second-order valence-electron chi connectivity index (χ2n) is 4.86. The van der Waals surface area contributed by atoms with Crippen molar-refractivity contribution in [2.45, 2.75) is 13.8 Å². The molecule has 0 aliphatic carbocycles. The third-order valence-electron chi connectivity index (χ3n) is 3.02. The minimum absolute atomic E-state index is 0.102. The summed E-state index contributed by atoms with van der Waals surface area (Å²) >= 11 is 0. The van der Waals surface area contributed by atoms with E-state index >= 15 is 0 Å². The summed E-state index contributed by atoms with van der Waals surface area (Å²) in [5, 5.41) is 5.01. The molecule has 0 atom stereocenters. The van der Waals surface area contributed by atoms with Crippen molar-refractivity contribution in [3.8, 4) is 0 Å². The molecule has 120 valence electrons. The van der Waals surface area contributed by atoms with Gasteiger partial charge in [0.05, 0.1) is 17.9 Å². The van der Waals surface area contributed by atoms with E-state index in [1.807, 2.05) is 0 Å². The second-order valence-corrected chi connectivity index (χ2v) is 4.86. The van der Waals surface area contributed by atoms with Crippen LogP contribution in [0.4, 0.5) is 20.6 Å². The summed E-state index contributed by atoms with van der Waals surface area (Å²) < 4.78 is 18.5. The zero-order chi connectivity index (χ0) is 16.8. The maximum Gasteiger partial charge on any atom is 0.338 e. The molecule has 0 aromatic heterocycles. The molecule has 2 aromatic carbocycles. The first-order valence-corrected chi connectivity index (χ1v) is 7.11. The van der Waals surface area contributed by atoms with E-state index in [9.17, 15) is 14.0 Å². The fourth-order valence-corrected chi connectivity index (χ4v) is 1.92. The Morgan fingerprint density at radius 1 is 1.09 bits per heavy atom. The number of esters is 1. The molecule has 5 nitrogen and oxygen atoms in total. The Morgan fingerprint density at radius 3 is 2.43 bits per heavy atom. The number of benzene rings is 2. The van der Waals surface area contributed by atoms with E-state index in [1.54, 1.807) is 50.2 Å². The van der Waals surface area contributed by atoms with Crippen LogP contribution in [-0.2, 0) is 4.74 Å². The van der Waals surface area contributed by atoms with Crippen molar-refractivity contribution in [3.05, 3.63) is 59.4 Å². The van der Waals surface area contributed by atoms with E-state index in [2.05, 4.69) is 10.6 Å². The van der Waals surface area contributed by atoms with Crippen LogP contribution >= 0.6 is 0 Å². The first-order valence-electron chi connectivity index (χ1n) is 7.11. The number of anilines is 2. The first-order chi connectivity index (χ1) is 11.0. The summed E-state index contributed by atoms with van der Waals surface area (Å²) in [6.45, 7) is 3.82. The Kier molecular flexibility index (Phi) is 5.30. The molecule has 2 N–H and O–H groups in total. The lowest BCUT2D eigenvalue weighted by Gasteiger charge is -2.09. The maximum atomic E-state index is 13.6. The molecule has 0 saturated heterocycles. The van der Waals surface area contributed by atoms with Gasteiger partial charge in [0.2, 0.25) is 0 Å². The highest BCUT2D eigenvalue weighted by Crippen LogP contribution is 2.16. The fourth-order valence-electron chi connectivity index (χ4n) is 1.92. The number of carbonyl (C=O) groups is 2. The molecule has 0 aliphatic heterocycles. The number of rotatable bonds is 4. The van der Waals surface area contributed by atoms with Gasteiger partial charge in [-0.15, -0.1) is 0 Å². The van der Waals surface area contributed by atoms with Crippen molar-refractivity contribution in [1.82, 2.24) is 0 Å². The summed E-state index contributed by atoms with van der Waals surface area (Å²) in [6, 6.07) is 10.1. The number of urea groups is 1. The quantitative estimate of drug-likeness (QED) is 0.839. The molecule has 23 heavy (non-hydrogen) atoms. The molecule has 2 amide bonds. The standard InChI is InChI=1S/C17H17FN2O3/c1-3-23-16(21)12-5-7-13(8-6-12)19-17(22)20-15-10-11(2)4-9-14(15)18/h4-10H,3H2,1-2H3,(H2,19,20,22). The van der Waals surface area contributed by atoms with Gasteiger partial charge in [-0.05, 0) is 55.8 Å². The molecule has 0 fully saturated rings. The van der Waals surface area contributed by atoms with Crippen molar-refractivity contribution in [2.75, 3.05) is 17.2 Å². The van der Waals surface area contributed by atoms with Gasteiger partial charge in [-0.1, -0.05) is 6.07 Å². The lowest BCUT2D eigenvalue weighted by Crippen LogP contribution is -2.20. The van der Waals surface area contributed by atoms with Crippen molar-refractivity contribution < 1.29 is 18.7 Å². The predicted molar refractivity (Wildman–Crippen MR) is 86.2 cm³/mol. The third-order valence-corrected chi connectivity index (χ3v) is 3.02. The van der Waals surface area contributed by atoms with Crippen molar-refractivity contribution in [1.29, 1.82) is 0 Å². The molecule has 0 unspecified atom stereocenters. The highest BCUT2D eigenvalue weighted by Gasteiger charge is 2.09. The van der Waals surface area contributed by atoms with Gasteiger partial charge in [0, 0.05) is 5.69 Å². The average Bonchev–Trinajstić information content (AvgIpc) is 2.52. The normalized spacial score (nSPS) is 10.0. The van der Waals surface area contributed by atoms with E-state index in [0.29, 0.717) is 17.9 Å². The number of hydrogen-bond donors (Lipinski definition) is 2. The number of amides is 2. The van der Waals surface area contributed by atoms with E-state index in [1.165, 1.54) is 6.07 Å². The molecule has 0 saturated carbocycles. The summed E-state index contributed by atoms with van der Waals surface area (Å²) in [5.41, 5.74) is 1.80. The van der Waals surface area contributed by atoms with Gasteiger partial charge in [-0.2, -0.15) is 0 Å². The van der Waals surface area contributed by atoms with E-state index in [0.717, 1.165) is 5.56 Å². The second kappa shape index (κ2) is 7.40. The Morgan fingerprint density at radius 2 is 1.78 bits per heavy atom. The Balaban J connectivity index is 2.00. The van der Waals surface area contributed by atoms with Crippen LogP contribution in [0.1, 0.15) is 22.8 Å². The van der Waals surface area contributed by atoms with Gasteiger partial charge in [-0.3, -0.25) is 0 Å². The van der Waals surface area contributed by atoms with Crippen LogP contribution in [0.25, 0.3) is 0 Å². The van der Waals surface area contributed by atoms with Crippen LogP contribution in [-0.4, -0.2) is 18.6 Å². The van der Waals surface area contributed by atoms with Crippen molar-refractivity contribution in [3.63, 3.8) is 0 Å². The topological polar surface area (TPSA) is 67.4 Å². The zero-order valence-electron chi connectivity index (χ0n) is 12.9. The van der Waals surface area contributed by atoms with Crippen LogP contribution in [0.3, 0.4) is 0 Å². The number of aryl methyl sites for hydroxylation is 1. The van der Waals surface area contributed by atoms with Gasteiger partial charge in [0.25, 0.3) is 0 Å². The van der Waals surface area contributed by atoms with Crippen LogP contribution in [0, 0.1) is 12.7 Å². The first kappa shape index (κ1) is 16.5. The third kappa shape index (κ3) is 4.54. The minimum Gasteiger partial charge on any atom is -0.462 e. The van der Waals surface area contributed by atoms with Crippen molar-refractivity contribution in [2.24, 2.45) is 0 Å². The molecular formula is C17H17FN2O3. The number of carbonyl (C=O) groups excluding carboxylic acids is 2. The average molecular weight is 316 g/mol. The minimum atomic E-state index is -0.571.